The van der Waals surface area contributed by atoms with Crippen molar-refractivity contribution in [2.45, 2.75) is 6.42 Å². The number of nitrogens with zero attached hydrogens (tertiary/aromatic N) is 2. The van der Waals surface area contributed by atoms with E-state index < -0.39 is 5.92 Å². The number of fused-ring (bicyclic) bond motifs is 1. The number of halogens is 1. The molecule has 0 bridgehead atoms. The van der Waals surface area contributed by atoms with Gasteiger partial charge in [-0.1, -0.05) is 22.9 Å². The van der Waals surface area contributed by atoms with E-state index in [1.807, 2.05) is 0 Å². The van der Waals surface area contributed by atoms with Crippen LogP contribution in [0.1, 0.15) is 6.42 Å². The normalized spacial score (nSPS) is 16.3. The molecule has 2 aromatic carbocycles. The highest BCUT2D eigenvalue weighted by molar-refractivity contribution is 7.22. The van der Waals surface area contributed by atoms with Crippen LogP contribution in [0.15, 0.2) is 36.4 Å². The zero-order valence-electron chi connectivity index (χ0n) is 15.8. The third-order valence-electron chi connectivity index (χ3n) is 4.75. The van der Waals surface area contributed by atoms with Gasteiger partial charge in [-0.3, -0.25) is 9.59 Å². The van der Waals surface area contributed by atoms with Gasteiger partial charge in [-0.25, -0.2) is 4.98 Å². The van der Waals surface area contributed by atoms with Crippen molar-refractivity contribution in [1.82, 2.24) is 4.98 Å². The summed E-state index contributed by atoms with van der Waals surface area (Å²) in [5.41, 5.74) is 1.38. The Morgan fingerprint density at radius 1 is 1.24 bits per heavy atom. The molecule has 150 valence electrons. The van der Waals surface area contributed by atoms with Gasteiger partial charge in [0.25, 0.3) is 0 Å². The number of methoxy groups -OCH3 is 2. The van der Waals surface area contributed by atoms with E-state index in [1.54, 1.807) is 48.4 Å². The van der Waals surface area contributed by atoms with E-state index in [0.29, 0.717) is 27.3 Å². The molecule has 0 saturated carbocycles. The van der Waals surface area contributed by atoms with Gasteiger partial charge in [-0.05, 0) is 30.3 Å². The Hall–Kier alpha value is -2.84. The molecule has 0 unspecified atom stereocenters. The fourth-order valence-corrected chi connectivity index (χ4v) is 4.43. The second-order valence-electron chi connectivity index (χ2n) is 6.56. The molecule has 0 spiro atoms. The lowest BCUT2D eigenvalue weighted by Gasteiger charge is -2.20. The fraction of sp³-hybridized carbons (Fsp3) is 0.250. The summed E-state index contributed by atoms with van der Waals surface area (Å²) in [6.07, 6.45) is 0.123. The quantitative estimate of drug-likeness (QED) is 0.661. The molecule has 9 heteroatoms. The van der Waals surface area contributed by atoms with Crippen molar-refractivity contribution in [2.24, 2.45) is 5.92 Å². The summed E-state index contributed by atoms with van der Waals surface area (Å²) in [6.45, 7) is 0.268. The smallest absolute Gasteiger partial charge is 0.231 e. The fourth-order valence-electron chi connectivity index (χ4n) is 3.28. The Labute approximate surface area is 176 Å². The maximum absolute atomic E-state index is 12.7. The molecule has 1 fully saturated rings. The topological polar surface area (TPSA) is 80.8 Å². The van der Waals surface area contributed by atoms with E-state index in [-0.39, 0.29) is 24.8 Å². The van der Waals surface area contributed by atoms with Crippen LogP contribution in [0.3, 0.4) is 0 Å². The molecule has 0 aliphatic carbocycles. The molecular formula is C20H18ClN3O4S. The summed E-state index contributed by atoms with van der Waals surface area (Å²) in [7, 11) is 3.09. The molecule has 29 heavy (non-hydrogen) atoms. The van der Waals surface area contributed by atoms with E-state index in [1.165, 1.54) is 18.4 Å². The molecule has 2 amide bonds. The number of anilines is 2. The van der Waals surface area contributed by atoms with Gasteiger partial charge >= 0.3 is 0 Å². The van der Waals surface area contributed by atoms with Crippen molar-refractivity contribution in [3.63, 3.8) is 0 Å². The summed E-state index contributed by atoms with van der Waals surface area (Å²) in [4.78, 5) is 31.3. The number of aromatic nitrogens is 1. The molecule has 1 N–H and O–H groups in total. The van der Waals surface area contributed by atoms with E-state index in [9.17, 15) is 9.59 Å². The molecule has 7 nitrogen and oxygen atoms in total. The van der Waals surface area contributed by atoms with Gasteiger partial charge in [0.05, 0.1) is 36.0 Å². The monoisotopic (exact) mass is 431 g/mol. The third-order valence-corrected chi connectivity index (χ3v) is 5.92. The van der Waals surface area contributed by atoms with E-state index in [0.717, 1.165) is 10.2 Å². The van der Waals surface area contributed by atoms with E-state index >= 15 is 0 Å². The SMILES string of the molecule is COc1ccc(N2C[C@@H](C(=O)Nc3nc4ccc(Cl)cc4s3)CC2=O)c(OC)c1. The zero-order chi connectivity index (χ0) is 20.5. The highest BCUT2D eigenvalue weighted by Crippen LogP contribution is 2.36. The predicted molar refractivity (Wildman–Crippen MR) is 113 cm³/mol. The van der Waals surface area contributed by atoms with Crippen LogP contribution in [-0.2, 0) is 9.59 Å². The number of rotatable bonds is 5. The van der Waals surface area contributed by atoms with Crippen LogP contribution in [0, 0.1) is 5.92 Å². The minimum Gasteiger partial charge on any atom is -0.497 e. The Morgan fingerprint density at radius 3 is 2.83 bits per heavy atom. The minimum absolute atomic E-state index is 0.123. The van der Waals surface area contributed by atoms with Gasteiger partial charge in [0.2, 0.25) is 11.8 Å². The van der Waals surface area contributed by atoms with E-state index in [4.69, 9.17) is 21.1 Å². The number of carbonyl (C=O) groups excluding carboxylic acids is 2. The zero-order valence-corrected chi connectivity index (χ0v) is 17.3. The van der Waals surface area contributed by atoms with Crippen LogP contribution in [0.25, 0.3) is 10.2 Å². The lowest BCUT2D eigenvalue weighted by atomic mass is 10.1. The molecule has 4 rings (SSSR count). The van der Waals surface area contributed by atoms with Gasteiger partial charge in [-0.2, -0.15) is 0 Å². The standard InChI is InChI=1S/C20H18ClN3O4S/c1-27-13-4-6-15(16(9-13)28-2)24-10-11(7-18(24)25)19(26)23-20-22-14-5-3-12(21)8-17(14)29-20/h3-6,8-9,11H,7,10H2,1-2H3,(H,22,23,26)/t11-/m0/s1. The number of ether oxygens (including phenoxy) is 2. The predicted octanol–water partition coefficient (Wildman–Crippen LogP) is 3.96. The Morgan fingerprint density at radius 2 is 2.07 bits per heavy atom. The first kappa shape index (κ1) is 19.5. The molecule has 1 saturated heterocycles. The molecule has 2 heterocycles. The van der Waals surface area contributed by atoms with Crippen molar-refractivity contribution in [2.75, 3.05) is 31.0 Å². The number of carbonyl (C=O) groups is 2. The van der Waals surface area contributed by atoms with Gasteiger partial charge in [0.15, 0.2) is 5.13 Å². The average Bonchev–Trinajstić information content (AvgIpc) is 3.29. The van der Waals surface area contributed by atoms with Crippen molar-refractivity contribution in [3.05, 3.63) is 41.4 Å². The number of thiazole rings is 1. The first-order chi connectivity index (χ1) is 14.0. The van der Waals surface area contributed by atoms with Gasteiger partial charge in [0.1, 0.15) is 11.5 Å². The van der Waals surface area contributed by atoms with Gasteiger partial charge < -0.3 is 19.7 Å². The van der Waals surface area contributed by atoms with Crippen LogP contribution in [0.4, 0.5) is 10.8 Å². The number of nitrogens with one attached hydrogen (secondary N) is 1. The summed E-state index contributed by atoms with van der Waals surface area (Å²) in [6, 6.07) is 10.6. The number of hydrogen-bond acceptors (Lipinski definition) is 6. The van der Waals surface area contributed by atoms with Gasteiger partial charge in [0, 0.05) is 24.1 Å². The summed E-state index contributed by atoms with van der Waals surface area (Å²) in [5, 5.41) is 3.93. The Bertz CT molecular complexity index is 1100. The summed E-state index contributed by atoms with van der Waals surface area (Å²) < 4.78 is 11.5. The second-order valence-corrected chi connectivity index (χ2v) is 8.03. The summed E-state index contributed by atoms with van der Waals surface area (Å²) in [5.74, 6) is 0.289. The van der Waals surface area contributed by atoms with Gasteiger partial charge in [-0.15, -0.1) is 0 Å². The van der Waals surface area contributed by atoms with Crippen molar-refractivity contribution in [3.8, 4) is 11.5 Å². The number of hydrogen-bond donors (Lipinski definition) is 1. The highest BCUT2D eigenvalue weighted by atomic mass is 35.5. The largest absolute Gasteiger partial charge is 0.497 e. The lowest BCUT2D eigenvalue weighted by molar-refractivity contribution is -0.122. The van der Waals surface area contributed by atoms with Crippen LogP contribution in [0.2, 0.25) is 5.02 Å². The average molecular weight is 432 g/mol. The molecule has 1 aliphatic rings. The van der Waals surface area contributed by atoms with Crippen LogP contribution in [0.5, 0.6) is 11.5 Å². The van der Waals surface area contributed by atoms with Crippen LogP contribution in [-0.4, -0.2) is 37.6 Å². The molecule has 3 aromatic rings. The Kier molecular flexibility index (Phi) is 5.29. The van der Waals surface area contributed by atoms with Crippen molar-refractivity contribution < 1.29 is 19.1 Å². The lowest BCUT2D eigenvalue weighted by Crippen LogP contribution is -2.28. The minimum atomic E-state index is -0.482. The maximum atomic E-state index is 12.7. The van der Waals surface area contributed by atoms with Crippen molar-refractivity contribution >= 4 is 55.8 Å². The Balaban J connectivity index is 1.50. The molecule has 0 radical (unpaired) electrons. The number of amides is 2. The molecular weight excluding hydrogens is 414 g/mol. The van der Waals surface area contributed by atoms with Crippen LogP contribution >= 0.6 is 22.9 Å². The van der Waals surface area contributed by atoms with Crippen molar-refractivity contribution in [1.29, 1.82) is 0 Å². The third kappa shape index (κ3) is 3.86. The molecule has 1 aliphatic heterocycles. The van der Waals surface area contributed by atoms with Crippen LogP contribution < -0.4 is 19.7 Å². The first-order valence-electron chi connectivity index (χ1n) is 8.88. The summed E-state index contributed by atoms with van der Waals surface area (Å²) >= 11 is 7.35. The second kappa shape index (κ2) is 7.88. The molecule has 1 atom stereocenters. The number of benzene rings is 2. The highest BCUT2D eigenvalue weighted by Gasteiger charge is 2.36. The van der Waals surface area contributed by atoms with E-state index in [2.05, 4.69) is 10.3 Å². The first-order valence-corrected chi connectivity index (χ1v) is 10.1. The molecule has 1 aromatic heterocycles. The maximum Gasteiger partial charge on any atom is 0.231 e.